The van der Waals surface area contributed by atoms with Gasteiger partial charge in [-0.15, -0.1) is 0 Å². The number of hydrogen-bond donors (Lipinski definition) is 1. The summed E-state index contributed by atoms with van der Waals surface area (Å²) in [5, 5.41) is 0. The zero-order valence-corrected chi connectivity index (χ0v) is 11.8. The molecule has 1 fully saturated rings. The average Bonchev–Trinajstić information content (AvgIpc) is 2.49. The third-order valence-corrected chi connectivity index (χ3v) is 3.85. The van der Waals surface area contributed by atoms with Crippen LogP contribution in [0.15, 0.2) is 36.7 Å². The van der Waals surface area contributed by atoms with Crippen molar-refractivity contribution in [1.29, 1.82) is 0 Å². The van der Waals surface area contributed by atoms with Gasteiger partial charge < -0.3 is 10.6 Å². The molecule has 4 heteroatoms. The molecule has 2 aromatic rings. The van der Waals surface area contributed by atoms with Gasteiger partial charge in [0.1, 0.15) is 0 Å². The SMILES string of the molecule is Cc1ccc(-c2ncc(N3CCC(N)CC3)cn2)cc1. The summed E-state index contributed by atoms with van der Waals surface area (Å²) in [5.74, 6) is 0.780. The second-order valence-electron chi connectivity index (χ2n) is 5.46. The summed E-state index contributed by atoms with van der Waals surface area (Å²) in [6.45, 7) is 4.07. The van der Waals surface area contributed by atoms with Crippen molar-refractivity contribution in [3.8, 4) is 11.4 Å². The zero-order chi connectivity index (χ0) is 13.9. The van der Waals surface area contributed by atoms with E-state index in [4.69, 9.17) is 5.73 Å². The molecule has 1 aliphatic rings. The van der Waals surface area contributed by atoms with Gasteiger partial charge in [0.05, 0.1) is 18.1 Å². The summed E-state index contributed by atoms with van der Waals surface area (Å²) in [6, 6.07) is 8.63. The van der Waals surface area contributed by atoms with Crippen LogP contribution in [0.2, 0.25) is 0 Å². The molecule has 2 heterocycles. The van der Waals surface area contributed by atoms with Crippen LogP contribution in [0.1, 0.15) is 18.4 Å². The molecule has 0 amide bonds. The third-order valence-electron chi connectivity index (χ3n) is 3.85. The number of benzene rings is 1. The van der Waals surface area contributed by atoms with E-state index < -0.39 is 0 Å². The largest absolute Gasteiger partial charge is 0.369 e. The van der Waals surface area contributed by atoms with Gasteiger partial charge in [-0.05, 0) is 19.8 Å². The molecule has 4 nitrogen and oxygen atoms in total. The minimum absolute atomic E-state index is 0.346. The lowest BCUT2D eigenvalue weighted by Gasteiger charge is -2.31. The highest BCUT2D eigenvalue weighted by molar-refractivity contribution is 5.56. The predicted molar refractivity (Wildman–Crippen MR) is 81.6 cm³/mol. The Morgan fingerprint density at radius 2 is 1.65 bits per heavy atom. The van der Waals surface area contributed by atoms with E-state index in [1.165, 1.54) is 5.56 Å². The Balaban J connectivity index is 1.76. The molecule has 1 aromatic heterocycles. The van der Waals surface area contributed by atoms with Gasteiger partial charge in [0.25, 0.3) is 0 Å². The number of aryl methyl sites for hydroxylation is 1. The first-order valence-corrected chi connectivity index (χ1v) is 7.12. The number of aromatic nitrogens is 2. The fourth-order valence-electron chi connectivity index (χ4n) is 2.49. The maximum absolute atomic E-state index is 5.93. The van der Waals surface area contributed by atoms with Gasteiger partial charge in [-0.2, -0.15) is 0 Å². The molecular formula is C16H20N4. The van der Waals surface area contributed by atoms with E-state index in [0.29, 0.717) is 6.04 Å². The van der Waals surface area contributed by atoms with E-state index in [1.807, 2.05) is 12.4 Å². The van der Waals surface area contributed by atoms with Crippen LogP contribution >= 0.6 is 0 Å². The molecule has 3 rings (SSSR count). The van der Waals surface area contributed by atoms with Crippen LogP contribution in [-0.2, 0) is 0 Å². The minimum Gasteiger partial charge on any atom is -0.369 e. The molecule has 2 N–H and O–H groups in total. The smallest absolute Gasteiger partial charge is 0.159 e. The summed E-state index contributed by atoms with van der Waals surface area (Å²) in [7, 11) is 0. The molecule has 104 valence electrons. The van der Waals surface area contributed by atoms with Crippen molar-refractivity contribution < 1.29 is 0 Å². The number of rotatable bonds is 2. The standard InChI is InChI=1S/C16H20N4/c1-12-2-4-13(5-3-12)16-18-10-15(11-19-16)20-8-6-14(17)7-9-20/h2-5,10-11,14H,6-9,17H2,1H3. The van der Waals surface area contributed by atoms with E-state index in [9.17, 15) is 0 Å². The van der Waals surface area contributed by atoms with Gasteiger partial charge in [0.15, 0.2) is 5.82 Å². The molecule has 1 aliphatic heterocycles. The van der Waals surface area contributed by atoms with Crippen molar-refractivity contribution in [3.63, 3.8) is 0 Å². The molecule has 0 unspecified atom stereocenters. The van der Waals surface area contributed by atoms with Crippen LogP contribution in [0, 0.1) is 6.92 Å². The monoisotopic (exact) mass is 268 g/mol. The normalized spacial score (nSPS) is 16.4. The van der Waals surface area contributed by atoms with Crippen molar-refractivity contribution in [2.45, 2.75) is 25.8 Å². The second kappa shape index (κ2) is 5.59. The summed E-state index contributed by atoms with van der Waals surface area (Å²) >= 11 is 0. The lowest BCUT2D eigenvalue weighted by molar-refractivity contribution is 0.500. The van der Waals surface area contributed by atoms with Crippen LogP contribution in [-0.4, -0.2) is 29.1 Å². The van der Waals surface area contributed by atoms with E-state index in [1.54, 1.807) is 0 Å². The highest BCUT2D eigenvalue weighted by Crippen LogP contribution is 2.20. The molecule has 1 saturated heterocycles. The van der Waals surface area contributed by atoms with E-state index in [-0.39, 0.29) is 0 Å². The Morgan fingerprint density at radius 1 is 1.05 bits per heavy atom. The Kier molecular flexibility index (Phi) is 3.65. The minimum atomic E-state index is 0.346. The van der Waals surface area contributed by atoms with Crippen LogP contribution in [0.4, 0.5) is 5.69 Å². The van der Waals surface area contributed by atoms with Crippen molar-refractivity contribution in [1.82, 2.24) is 9.97 Å². The molecule has 20 heavy (non-hydrogen) atoms. The maximum Gasteiger partial charge on any atom is 0.159 e. The highest BCUT2D eigenvalue weighted by Gasteiger charge is 2.16. The quantitative estimate of drug-likeness (QED) is 0.908. The number of nitrogens with two attached hydrogens (primary N) is 1. The van der Waals surface area contributed by atoms with Gasteiger partial charge in [-0.1, -0.05) is 29.8 Å². The van der Waals surface area contributed by atoms with Gasteiger partial charge >= 0.3 is 0 Å². The average molecular weight is 268 g/mol. The lowest BCUT2D eigenvalue weighted by Crippen LogP contribution is -2.39. The van der Waals surface area contributed by atoms with Crippen molar-refractivity contribution in [2.24, 2.45) is 5.73 Å². The molecule has 0 atom stereocenters. The fourth-order valence-corrected chi connectivity index (χ4v) is 2.49. The highest BCUT2D eigenvalue weighted by atomic mass is 15.2. The summed E-state index contributed by atoms with van der Waals surface area (Å²) in [4.78, 5) is 11.3. The molecular weight excluding hydrogens is 248 g/mol. The summed E-state index contributed by atoms with van der Waals surface area (Å²) in [5.41, 5.74) is 9.32. The third kappa shape index (κ3) is 2.80. The van der Waals surface area contributed by atoms with Crippen LogP contribution < -0.4 is 10.6 Å². The Labute approximate surface area is 119 Å². The summed E-state index contributed by atoms with van der Waals surface area (Å²) in [6.07, 6.45) is 5.91. The maximum atomic E-state index is 5.93. The Bertz CT molecular complexity index is 554. The van der Waals surface area contributed by atoms with Crippen molar-refractivity contribution in [2.75, 3.05) is 18.0 Å². The number of nitrogens with zero attached hydrogens (tertiary/aromatic N) is 3. The Hall–Kier alpha value is -1.94. The van der Waals surface area contributed by atoms with Crippen LogP contribution in [0.3, 0.4) is 0 Å². The van der Waals surface area contributed by atoms with Gasteiger partial charge in [-0.25, -0.2) is 9.97 Å². The molecule has 0 radical (unpaired) electrons. The van der Waals surface area contributed by atoms with Crippen molar-refractivity contribution in [3.05, 3.63) is 42.2 Å². The Morgan fingerprint density at radius 3 is 2.25 bits per heavy atom. The molecule has 0 saturated carbocycles. The van der Waals surface area contributed by atoms with Crippen LogP contribution in [0.25, 0.3) is 11.4 Å². The molecule has 0 aliphatic carbocycles. The van der Waals surface area contributed by atoms with Gasteiger partial charge in [0.2, 0.25) is 0 Å². The zero-order valence-electron chi connectivity index (χ0n) is 11.8. The molecule has 1 aromatic carbocycles. The number of hydrogen-bond acceptors (Lipinski definition) is 4. The molecule has 0 bridgehead atoms. The van der Waals surface area contributed by atoms with E-state index in [2.05, 4.69) is 46.1 Å². The first kappa shape index (κ1) is 13.1. The first-order valence-electron chi connectivity index (χ1n) is 7.12. The number of piperidine rings is 1. The van der Waals surface area contributed by atoms with Crippen molar-refractivity contribution >= 4 is 5.69 Å². The van der Waals surface area contributed by atoms with Crippen LogP contribution in [0.5, 0.6) is 0 Å². The predicted octanol–water partition coefficient (Wildman–Crippen LogP) is 2.38. The lowest BCUT2D eigenvalue weighted by atomic mass is 10.1. The second-order valence-corrected chi connectivity index (χ2v) is 5.46. The first-order chi connectivity index (χ1) is 9.72. The topological polar surface area (TPSA) is 55.0 Å². The van der Waals surface area contributed by atoms with E-state index >= 15 is 0 Å². The summed E-state index contributed by atoms with van der Waals surface area (Å²) < 4.78 is 0. The number of anilines is 1. The van der Waals surface area contributed by atoms with Gasteiger partial charge in [0, 0.05) is 24.7 Å². The molecule has 0 spiro atoms. The fraction of sp³-hybridized carbons (Fsp3) is 0.375. The van der Waals surface area contributed by atoms with E-state index in [0.717, 1.165) is 43.0 Å². The van der Waals surface area contributed by atoms with Gasteiger partial charge in [-0.3, -0.25) is 0 Å².